The lowest BCUT2D eigenvalue weighted by atomic mass is 9.85. The van der Waals surface area contributed by atoms with Crippen molar-refractivity contribution in [1.82, 2.24) is 5.32 Å². The van der Waals surface area contributed by atoms with Gasteiger partial charge in [0, 0.05) is 11.4 Å². The van der Waals surface area contributed by atoms with Gasteiger partial charge in [-0.15, -0.1) is 11.3 Å². The van der Waals surface area contributed by atoms with Crippen molar-refractivity contribution >= 4 is 17.2 Å². The number of carbonyl (C=O) groups excluding carboxylic acids is 1. The van der Waals surface area contributed by atoms with Crippen LogP contribution in [0.4, 0.5) is 0 Å². The van der Waals surface area contributed by atoms with Crippen molar-refractivity contribution in [2.75, 3.05) is 6.54 Å². The molecule has 1 amide bonds. The zero-order valence-corrected chi connectivity index (χ0v) is 15.3. The number of rotatable bonds is 8. The van der Waals surface area contributed by atoms with Gasteiger partial charge in [0.05, 0.1) is 4.88 Å². The Morgan fingerprint density at radius 3 is 2.29 bits per heavy atom. The molecule has 21 heavy (non-hydrogen) atoms. The third kappa shape index (κ3) is 5.14. The zero-order valence-electron chi connectivity index (χ0n) is 14.5. The minimum absolute atomic E-state index is 0.100. The van der Waals surface area contributed by atoms with Crippen LogP contribution in [0.25, 0.3) is 0 Å². The monoisotopic (exact) mass is 309 g/mol. The highest BCUT2D eigenvalue weighted by molar-refractivity contribution is 7.14. The first kappa shape index (κ1) is 18.2. The predicted octanol–water partition coefficient (Wildman–Crippen LogP) is 4.92. The maximum absolute atomic E-state index is 12.4. The van der Waals surface area contributed by atoms with Crippen molar-refractivity contribution < 1.29 is 4.79 Å². The number of thiophene rings is 1. The van der Waals surface area contributed by atoms with Gasteiger partial charge in [0.25, 0.3) is 5.91 Å². The first-order valence-electron chi connectivity index (χ1n) is 8.30. The predicted molar refractivity (Wildman–Crippen MR) is 93.2 cm³/mol. The molecule has 120 valence electrons. The standard InChI is InChI=1S/C18H31NOS/c1-7-9-16-14(8-2)10-17(21-16)18(20)19-11-15(12(3)4)13(5)6/h10,12-13,15H,7-9,11H2,1-6H3,(H,19,20). The summed E-state index contributed by atoms with van der Waals surface area (Å²) in [5.74, 6) is 1.82. The number of hydrogen-bond acceptors (Lipinski definition) is 2. The molecule has 0 aromatic carbocycles. The lowest BCUT2D eigenvalue weighted by Crippen LogP contribution is -2.33. The van der Waals surface area contributed by atoms with E-state index in [9.17, 15) is 4.79 Å². The summed E-state index contributed by atoms with van der Waals surface area (Å²) in [5.41, 5.74) is 1.34. The number of carbonyl (C=O) groups is 1. The lowest BCUT2D eigenvalue weighted by molar-refractivity contribution is 0.0941. The number of hydrogen-bond donors (Lipinski definition) is 1. The van der Waals surface area contributed by atoms with E-state index in [1.165, 1.54) is 10.4 Å². The Kier molecular flexibility index (Phi) is 7.44. The van der Waals surface area contributed by atoms with Gasteiger partial charge in [-0.25, -0.2) is 0 Å². The molecule has 1 N–H and O–H groups in total. The fraction of sp³-hybridized carbons (Fsp3) is 0.722. The molecule has 0 radical (unpaired) electrons. The van der Waals surface area contributed by atoms with E-state index in [2.05, 4.69) is 52.9 Å². The van der Waals surface area contributed by atoms with Crippen LogP contribution >= 0.6 is 11.3 Å². The smallest absolute Gasteiger partial charge is 0.261 e. The van der Waals surface area contributed by atoms with Crippen molar-refractivity contribution in [2.45, 2.75) is 60.8 Å². The van der Waals surface area contributed by atoms with E-state index < -0.39 is 0 Å². The quantitative estimate of drug-likeness (QED) is 0.725. The minimum Gasteiger partial charge on any atom is -0.351 e. The van der Waals surface area contributed by atoms with E-state index >= 15 is 0 Å². The summed E-state index contributed by atoms with van der Waals surface area (Å²) in [7, 11) is 0. The molecule has 0 aliphatic rings. The SMILES string of the molecule is CCCc1sc(C(=O)NCC(C(C)C)C(C)C)cc1CC. The van der Waals surface area contributed by atoms with Crippen LogP contribution in [-0.2, 0) is 12.8 Å². The highest BCUT2D eigenvalue weighted by atomic mass is 32.1. The molecule has 3 heteroatoms. The molecule has 1 aromatic rings. The normalized spacial score (nSPS) is 11.7. The average Bonchev–Trinajstić information content (AvgIpc) is 2.81. The first-order chi connectivity index (χ1) is 9.90. The maximum atomic E-state index is 12.4. The molecule has 0 unspecified atom stereocenters. The summed E-state index contributed by atoms with van der Waals surface area (Å²) < 4.78 is 0. The third-order valence-electron chi connectivity index (χ3n) is 4.19. The lowest BCUT2D eigenvalue weighted by Gasteiger charge is -2.24. The number of aryl methyl sites for hydroxylation is 2. The van der Waals surface area contributed by atoms with Crippen molar-refractivity contribution in [3.05, 3.63) is 21.4 Å². The van der Waals surface area contributed by atoms with Crippen molar-refractivity contribution in [1.29, 1.82) is 0 Å². The molecule has 0 spiro atoms. The molecule has 0 aliphatic carbocycles. The van der Waals surface area contributed by atoms with Gasteiger partial charge >= 0.3 is 0 Å². The van der Waals surface area contributed by atoms with E-state index in [4.69, 9.17) is 0 Å². The van der Waals surface area contributed by atoms with E-state index in [0.717, 1.165) is 30.7 Å². The van der Waals surface area contributed by atoms with E-state index in [-0.39, 0.29) is 5.91 Å². The Morgan fingerprint density at radius 2 is 1.81 bits per heavy atom. The van der Waals surface area contributed by atoms with Crippen LogP contribution in [0, 0.1) is 17.8 Å². The van der Waals surface area contributed by atoms with E-state index in [1.54, 1.807) is 11.3 Å². The molecule has 0 saturated carbocycles. The van der Waals surface area contributed by atoms with Gasteiger partial charge in [-0.3, -0.25) is 4.79 Å². The van der Waals surface area contributed by atoms with Crippen LogP contribution in [0.2, 0.25) is 0 Å². The summed E-state index contributed by atoms with van der Waals surface area (Å²) in [5, 5.41) is 3.14. The summed E-state index contributed by atoms with van der Waals surface area (Å²) >= 11 is 1.67. The average molecular weight is 310 g/mol. The second kappa shape index (κ2) is 8.57. The third-order valence-corrected chi connectivity index (χ3v) is 5.43. The molecule has 0 aliphatic heterocycles. The van der Waals surface area contributed by atoms with Crippen LogP contribution < -0.4 is 5.32 Å². The molecule has 0 saturated heterocycles. The fourth-order valence-corrected chi connectivity index (χ4v) is 4.13. The van der Waals surface area contributed by atoms with Crippen LogP contribution in [0.3, 0.4) is 0 Å². The van der Waals surface area contributed by atoms with Gasteiger partial charge in [-0.1, -0.05) is 48.0 Å². The van der Waals surface area contributed by atoms with Gasteiger partial charge in [-0.05, 0) is 42.2 Å². The van der Waals surface area contributed by atoms with Gasteiger partial charge in [0.2, 0.25) is 0 Å². The van der Waals surface area contributed by atoms with E-state index in [1.807, 2.05) is 0 Å². The van der Waals surface area contributed by atoms with Crippen LogP contribution in [-0.4, -0.2) is 12.5 Å². The maximum Gasteiger partial charge on any atom is 0.261 e. The van der Waals surface area contributed by atoms with Crippen LogP contribution in [0.1, 0.15) is 68.1 Å². The Labute approximate surface area is 134 Å². The molecular weight excluding hydrogens is 278 g/mol. The molecule has 0 atom stereocenters. The number of nitrogens with one attached hydrogen (secondary N) is 1. The molecule has 0 fully saturated rings. The van der Waals surface area contributed by atoms with Gasteiger partial charge in [-0.2, -0.15) is 0 Å². The summed E-state index contributed by atoms with van der Waals surface area (Å²) in [4.78, 5) is 14.6. The Bertz CT molecular complexity index is 440. The first-order valence-corrected chi connectivity index (χ1v) is 9.12. The highest BCUT2D eigenvalue weighted by Crippen LogP contribution is 2.25. The van der Waals surface area contributed by atoms with Crippen molar-refractivity contribution in [3.8, 4) is 0 Å². The van der Waals surface area contributed by atoms with Gasteiger partial charge in [0.1, 0.15) is 0 Å². The fourth-order valence-electron chi connectivity index (χ4n) is 2.86. The Morgan fingerprint density at radius 1 is 1.19 bits per heavy atom. The largest absolute Gasteiger partial charge is 0.351 e. The summed E-state index contributed by atoms with van der Waals surface area (Å²) in [6.07, 6.45) is 3.23. The molecule has 2 nitrogen and oxygen atoms in total. The minimum atomic E-state index is 0.100. The Balaban J connectivity index is 2.71. The molecule has 1 aromatic heterocycles. The zero-order chi connectivity index (χ0) is 16.0. The van der Waals surface area contributed by atoms with Gasteiger partial charge in [0.15, 0.2) is 0 Å². The van der Waals surface area contributed by atoms with Gasteiger partial charge < -0.3 is 5.32 Å². The molecule has 1 heterocycles. The molecular formula is C18H31NOS. The number of amides is 1. The summed E-state index contributed by atoms with van der Waals surface area (Å²) in [6, 6.07) is 2.09. The second-order valence-electron chi connectivity index (χ2n) is 6.52. The van der Waals surface area contributed by atoms with Crippen LogP contribution in [0.5, 0.6) is 0 Å². The van der Waals surface area contributed by atoms with Crippen molar-refractivity contribution in [3.63, 3.8) is 0 Å². The molecule has 1 rings (SSSR count). The topological polar surface area (TPSA) is 29.1 Å². The highest BCUT2D eigenvalue weighted by Gasteiger charge is 2.19. The van der Waals surface area contributed by atoms with Crippen molar-refractivity contribution in [2.24, 2.45) is 17.8 Å². The van der Waals surface area contributed by atoms with E-state index in [0.29, 0.717) is 17.8 Å². The summed E-state index contributed by atoms with van der Waals surface area (Å²) in [6.45, 7) is 14.1. The Hall–Kier alpha value is -0.830. The van der Waals surface area contributed by atoms with Crippen LogP contribution in [0.15, 0.2) is 6.07 Å². The second-order valence-corrected chi connectivity index (χ2v) is 7.66. The molecule has 0 bridgehead atoms.